The molecule has 2 N–H and O–H groups in total. The first kappa shape index (κ1) is 12.4. The van der Waals surface area contributed by atoms with Crippen LogP contribution in [0.1, 0.15) is 19.4 Å². The molecule has 0 aliphatic heterocycles. The van der Waals surface area contributed by atoms with Crippen LogP contribution in [0.3, 0.4) is 0 Å². The summed E-state index contributed by atoms with van der Waals surface area (Å²) < 4.78 is 4.92. The monoisotopic (exact) mass is 223 g/mol. The molecule has 88 valence electrons. The first-order valence-corrected chi connectivity index (χ1v) is 5.18. The highest BCUT2D eigenvalue weighted by Gasteiger charge is 2.07. The maximum absolute atomic E-state index is 11.5. The molecule has 0 aliphatic rings. The summed E-state index contributed by atoms with van der Waals surface area (Å²) in [5.74, 6) is 0.407. The van der Waals surface area contributed by atoms with Gasteiger partial charge in [-0.25, -0.2) is 0 Å². The minimum Gasteiger partial charge on any atom is -0.504 e. The molecule has 0 radical (unpaired) electrons. The Morgan fingerprint density at radius 1 is 1.50 bits per heavy atom. The molecule has 0 unspecified atom stereocenters. The number of phenolic OH excluding ortho intramolecular Hbond substituents is 1. The molecule has 0 heterocycles. The maximum Gasteiger partial charge on any atom is 0.224 e. The predicted octanol–water partition coefficient (Wildman–Crippen LogP) is 1.47. The lowest BCUT2D eigenvalue weighted by Gasteiger charge is -2.09. The van der Waals surface area contributed by atoms with Crippen molar-refractivity contribution in [1.29, 1.82) is 0 Å². The lowest BCUT2D eigenvalue weighted by molar-refractivity contribution is -0.120. The number of rotatable bonds is 4. The highest BCUT2D eigenvalue weighted by atomic mass is 16.5. The van der Waals surface area contributed by atoms with Gasteiger partial charge in [-0.15, -0.1) is 0 Å². The predicted molar refractivity (Wildman–Crippen MR) is 61.6 cm³/mol. The van der Waals surface area contributed by atoms with Crippen LogP contribution in [0.4, 0.5) is 0 Å². The van der Waals surface area contributed by atoms with E-state index in [2.05, 4.69) is 5.32 Å². The zero-order chi connectivity index (χ0) is 12.1. The molecule has 0 saturated heterocycles. The van der Waals surface area contributed by atoms with Crippen molar-refractivity contribution in [2.45, 2.75) is 26.3 Å². The molecule has 0 aromatic heterocycles. The van der Waals surface area contributed by atoms with Crippen LogP contribution in [-0.4, -0.2) is 24.2 Å². The second-order valence-electron chi connectivity index (χ2n) is 3.91. The summed E-state index contributed by atoms with van der Waals surface area (Å²) in [4.78, 5) is 11.5. The van der Waals surface area contributed by atoms with E-state index in [1.807, 2.05) is 13.8 Å². The van der Waals surface area contributed by atoms with Crippen LogP contribution in [0.15, 0.2) is 18.2 Å². The van der Waals surface area contributed by atoms with Crippen LogP contribution in [-0.2, 0) is 11.2 Å². The number of amides is 1. The van der Waals surface area contributed by atoms with Crippen molar-refractivity contribution < 1.29 is 14.6 Å². The van der Waals surface area contributed by atoms with Gasteiger partial charge < -0.3 is 15.2 Å². The third kappa shape index (κ3) is 3.46. The van der Waals surface area contributed by atoms with Crippen molar-refractivity contribution in [2.75, 3.05) is 7.11 Å². The van der Waals surface area contributed by atoms with Gasteiger partial charge in [-0.1, -0.05) is 6.07 Å². The first-order valence-electron chi connectivity index (χ1n) is 5.18. The molecule has 1 aromatic carbocycles. The van der Waals surface area contributed by atoms with Crippen molar-refractivity contribution in [2.24, 2.45) is 0 Å². The number of carbonyl (C=O) groups excluding carboxylic acids is 1. The lowest BCUT2D eigenvalue weighted by Crippen LogP contribution is -2.31. The summed E-state index contributed by atoms with van der Waals surface area (Å²) in [7, 11) is 1.49. The summed E-state index contributed by atoms with van der Waals surface area (Å²) in [6, 6.07) is 5.07. The largest absolute Gasteiger partial charge is 0.504 e. The van der Waals surface area contributed by atoms with Crippen LogP contribution in [0, 0.1) is 0 Å². The molecule has 0 fully saturated rings. The maximum atomic E-state index is 11.5. The normalized spacial score (nSPS) is 10.2. The van der Waals surface area contributed by atoms with Gasteiger partial charge in [-0.3, -0.25) is 4.79 Å². The Labute approximate surface area is 95.2 Å². The number of hydrogen-bond acceptors (Lipinski definition) is 3. The zero-order valence-electron chi connectivity index (χ0n) is 9.78. The Morgan fingerprint density at radius 3 is 2.69 bits per heavy atom. The fourth-order valence-corrected chi connectivity index (χ4v) is 1.40. The molecule has 4 heteroatoms. The molecular formula is C12H17NO3. The number of phenols is 1. The smallest absolute Gasteiger partial charge is 0.224 e. The number of benzene rings is 1. The van der Waals surface area contributed by atoms with E-state index in [1.54, 1.807) is 18.2 Å². The third-order valence-corrected chi connectivity index (χ3v) is 2.06. The average Bonchev–Trinajstić information content (AvgIpc) is 2.16. The highest BCUT2D eigenvalue weighted by molar-refractivity contribution is 5.79. The zero-order valence-corrected chi connectivity index (χ0v) is 9.78. The molecule has 0 spiro atoms. The summed E-state index contributed by atoms with van der Waals surface area (Å²) in [5, 5.41) is 12.3. The van der Waals surface area contributed by atoms with Crippen LogP contribution in [0.25, 0.3) is 0 Å². The summed E-state index contributed by atoms with van der Waals surface area (Å²) in [6.45, 7) is 3.81. The van der Waals surface area contributed by atoms with Crippen molar-refractivity contribution in [3.05, 3.63) is 23.8 Å². The van der Waals surface area contributed by atoms with Gasteiger partial charge in [-0.05, 0) is 31.5 Å². The fraction of sp³-hybridized carbons (Fsp3) is 0.417. The average molecular weight is 223 g/mol. The van der Waals surface area contributed by atoms with E-state index in [0.717, 1.165) is 5.56 Å². The Morgan fingerprint density at radius 2 is 2.19 bits per heavy atom. The van der Waals surface area contributed by atoms with Crippen LogP contribution < -0.4 is 10.1 Å². The van der Waals surface area contributed by atoms with E-state index < -0.39 is 0 Å². The number of methoxy groups -OCH3 is 1. The molecule has 16 heavy (non-hydrogen) atoms. The Hall–Kier alpha value is -1.71. The molecule has 0 aliphatic carbocycles. The minimum atomic E-state index is -0.0560. The molecule has 1 aromatic rings. The molecule has 1 amide bonds. The van der Waals surface area contributed by atoms with Gasteiger partial charge in [0.2, 0.25) is 5.91 Å². The van der Waals surface area contributed by atoms with E-state index in [9.17, 15) is 9.90 Å². The molecular weight excluding hydrogens is 206 g/mol. The van der Waals surface area contributed by atoms with E-state index in [-0.39, 0.29) is 24.1 Å². The standard InChI is InChI=1S/C12H17NO3/c1-8(2)13-12(15)7-9-4-5-11(16-3)10(14)6-9/h4-6,8,14H,7H2,1-3H3,(H,13,15). The van der Waals surface area contributed by atoms with Crippen molar-refractivity contribution in [3.63, 3.8) is 0 Å². The molecule has 1 rings (SSSR count). The van der Waals surface area contributed by atoms with Gasteiger partial charge in [0.1, 0.15) is 0 Å². The second kappa shape index (κ2) is 5.39. The van der Waals surface area contributed by atoms with E-state index >= 15 is 0 Å². The van der Waals surface area contributed by atoms with Gasteiger partial charge in [0.05, 0.1) is 13.5 Å². The van der Waals surface area contributed by atoms with E-state index in [4.69, 9.17) is 4.74 Å². The summed E-state index contributed by atoms with van der Waals surface area (Å²) in [5.41, 5.74) is 0.761. The van der Waals surface area contributed by atoms with E-state index in [1.165, 1.54) is 7.11 Å². The van der Waals surface area contributed by atoms with Crippen molar-refractivity contribution in [3.8, 4) is 11.5 Å². The SMILES string of the molecule is COc1ccc(CC(=O)NC(C)C)cc1O. The Bertz CT molecular complexity index is 375. The molecule has 0 bridgehead atoms. The van der Waals surface area contributed by atoms with Crippen LogP contribution in [0.5, 0.6) is 11.5 Å². The number of aromatic hydroxyl groups is 1. The summed E-state index contributed by atoms with van der Waals surface area (Å²) >= 11 is 0. The van der Waals surface area contributed by atoms with E-state index in [0.29, 0.717) is 5.75 Å². The second-order valence-corrected chi connectivity index (χ2v) is 3.91. The third-order valence-electron chi connectivity index (χ3n) is 2.06. The van der Waals surface area contributed by atoms with Gasteiger partial charge >= 0.3 is 0 Å². The van der Waals surface area contributed by atoms with Gasteiger partial charge in [0, 0.05) is 6.04 Å². The van der Waals surface area contributed by atoms with Gasteiger partial charge in [0.25, 0.3) is 0 Å². The van der Waals surface area contributed by atoms with Crippen LogP contribution >= 0.6 is 0 Å². The minimum absolute atomic E-state index is 0.0531. The number of hydrogen-bond donors (Lipinski definition) is 2. The van der Waals surface area contributed by atoms with Gasteiger partial charge in [0.15, 0.2) is 11.5 Å². The number of carbonyl (C=O) groups is 1. The molecule has 0 atom stereocenters. The quantitative estimate of drug-likeness (QED) is 0.812. The highest BCUT2D eigenvalue weighted by Crippen LogP contribution is 2.26. The number of ether oxygens (including phenoxy) is 1. The number of nitrogens with one attached hydrogen (secondary N) is 1. The topological polar surface area (TPSA) is 58.6 Å². The lowest BCUT2D eigenvalue weighted by atomic mass is 10.1. The Kier molecular flexibility index (Phi) is 4.17. The molecule has 4 nitrogen and oxygen atoms in total. The van der Waals surface area contributed by atoms with Crippen molar-refractivity contribution in [1.82, 2.24) is 5.32 Å². The Balaban J connectivity index is 2.68. The molecule has 0 saturated carbocycles. The van der Waals surface area contributed by atoms with Crippen molar-refractivity contribution >= 4 is 5.91 Å². The first-order chi connectivity index (χ1) is 7.52. The summed E-state index contributed by atoms with van der Waals surface area (Å²) in [6.07, 6.45) is 0.260. The van der Waals surface area contributed by atoms with Crippen LogP contribution in [0.2, 0.25) is 0 Å². The fourth-order valence-electron chi connectivity index (χ4n) is 1.40. The van der Waals surface area contributed by atoms with Gasteiger partial charge in [-0.2, -0.15) is 0 Å².